The van der Waals surface area contributed by atoms with Crippen LogP contribution in [-0.4, -0.2) is 24.3 Å². The molecule has 3 nitrogen and oxygen atoms in total. The summed E-state index contributed by atoms with van der Waals surface area (Å²) in [5.74, 6) is -0.207. The zero-order chi connectivity index (χ0) is 12.8. The van der Waals surface area contributed by atoms with E-state index in [9.17, 15) is 4.79 Å². The van der Waals surface area contributed by atoms with Gasteiger partial charge < -0.3 is 4.74 Å². The average molecular weight is 245 g/mol. The van der Waals surface area contributed by atoms with Crippen molar-refractivity contribution < 1.29 is 9.53 Å². The van der Waals surface area contributed by atoms with E-state index in [2.05, 4.69) is 4.99 Å². The van der Waals surface area contributed by atoms with Gasteiger partial charge in [-0.05, 0) is 24.8 Å². The third-order valence-corrected chi connectivity index (χ3v) is 3.20. The Morgan fingerprint density at radius 3 is 2.72 bits per heavy atom. The second-order valence-corrected chi connectivity index (χ2v) is 4.69. The molecule has 1 aliphatic carbocycles. The van der Waals surface area contributed by atoms with Gasteiger partial charge in [0.05, 0.1) is 6.04 Å². The molecule has 0 radical (unpaired) electrons. The molecule has 3 heteroatoms. The number of hydrogen-bond donors (Lipinski definition) is 0. The molecule has 1 aliphatic rings. The zero-order valence-electron chi connectivity index (χ0n) is 10.7. The topological polar surface area (TPSA) is 38.7 Å². The molecule has 1 fully saturated rings. The molecule has 2 rings (SSSR count). The van der Waals surface area contributed by atoms with Gasteiger partial charge in [0.2, 0.25) is 0 Å². The van der Waals surface area contributed by atoms with Crippen LogP contribution in [-0.2, 0) is 9.53 Å². The molecular weight excluding hydrogens is 226 g/mol. The number of nitrogens with zero attached hydrogens (tertiary/aromatic N) is 1. The molecule has 0 saturated heterocycles. The monoisotopic (exact) mass is 245 g/mol. The molecule has 96 valence electrons. The first-order valence-electron chi connectivity index (χ1n) is 6.51. The Labute approximate surface area is 108 Å². The van der Waals surface area contributed by atoms with Crippen molar-refractivity contribution in [2.24, 2.45) is 4.99 Å². The number of ether oxygens (including phenoxy) is 1. The van der Waals surface area contributed by atoms with Crippen molar-refractivity contribution in [3.8, 4) is 0 Å². The minimum absolute atomic E-state index is 0.0452. The largest absolute Gasteiger partial charge is 0.460 e. The summed E-state index contributed by atoms with van der Waals surface area (Å²) in [6.07, 6.45) is 6.05. The number of rotatable bonds is 3. The van der Waals surface area contributed by atoms with Crippen LogP contribution in [0.3, 0.4) is 0 Å². The van der Waals surface area contributed by atoms with E-state index in [0.717, 1.165) is 31.2 Å². The maximum Gasteiger partial charge on any atom is 0.302 e. The standard InChI is InChI=1S/C15H19NO2/c1-12(17)18-15-10-6-5-9-14(15)16-11-13-7-3-2-4-8-13/h2-4,7-8,11,14-15H,5-6,9-10H2,1H3/t14-,15-/m1/s1. The summed E-state index contributed by atoms with van der Waals surface area (Å²) in [5.41, 5.74) is 1.09. The van der Waals surface area contributed by atoms with E-state index in [1.54, 1.807) is 0 Å². The van der Waals surface area contributed by atoms with Gasteiger partial charge in [0.15, 0.2) is 0 Å². The van der Waals surface area contributed by atoms with Crippen molar-refractivity contribution in [1.82, 2.24) is 0 Å². The maximum atomic E-state index is 11.1. The smallest absolute Gasteiger partial charge is 0.302 e. The molecule has 0 amide bonds. The van der Waals surface area contributed by atoms with Crippen LogP contribution >= 0.6 is 0 Å². The summed E-state index contributed by atoms with van der Waals surface area (Å²) >= 11 is 0. The minimum atomic E-state index is -0.207. The van der Waals surface area contributed by atoms with Crippen molar-refractivity contribution in [2.45, 2.75) is 44.8 Å². The van der Waals surface area contributed by atoms with Crippen molar-refractivity contribution in [3.05, 3.63) is 35.9 Å². The van der Waals surface area contributed by atoms with Gasteiger partial charge in [-0.15, -0.1) is 0 Å². The number of aliphatic imine (C=N–C) groups is 1. The molecule has 18 heavy (non-hydrogen) atoms. The summed E-state index contributed by atoms with van der Waals surface area (Å²) < 4.78 is 5.34. The van der Waals surface area contributed by atoms with Crippen molar-refractivity contribution in [3.63, 3.8) is 0 Å². The van der Waals surface area contributed by atoms with Crippen LogP contribution in [0, 0.1) is 0 Å². The molecule has 0 heterocycles. The lowest BCUT2D eigenvalue weighted by Crippen LogP contribution is -2.32. The summed E-state index contributed by atoms with van der Waals surface area (Å²) in [4.78, 5) is 15.6. The molecule has 0 unspecified atom stereocenters. The SMILES string of the molecule is CC(=O)O[C@@H]1CCCC[C@H]1N=Cc1ccccc1. The summed E-state index contributed by atoms with van der Waals surface area (Å²) in [6.45, 7) is 1.46. The summed E-state index contributed by atoms with van der Waals surface area (Å²) in [7, 11) is 0. The molecule has 0 aromatic heterocycles. The Kier molecular flexibility index (Phi) is 4.51. The van der Waals surface area contributed by atoms with Gasteiger partial charge in [0.25, 0.3) is 0 Å². The molecule has 1 saturated carbocycles. The second-order valence-electron chi connectivity index (χ2n) is 4.69. The van der Waals surface area contributed by atoms with Crippen molar-refractivity contribution >= 4 is 12.2 Å². The highest BCUT2D eigenvalue weighted by Gasteiger charge is 2.26. The van der Waals surface area contributed by atoms with E-state index >= 15 is 0 Å². The van der Waals surface area contributed by atoms with Crippen molar-refractivity contribution in [1.29, 1.82) is 0 Å². The van der Waals surface area contributed by atoms with Crippen LogP contribution in [0.2, 0.25) is 0 Å². The predicted octanol–water partition coefficient (Wildman–Crippen LogP) is 2.98. The lowest BCUT2D eigenvalue weighted by Gasteiger charge is -2.27. The highest BCUT2D eigenvalue weighted by molar-refractivity contribution is 5.79. The van der Waals surface area contributed by atoms with Crippen LogP contribution in [0.5, 0.6) is 0 Å². The van der Waals surface area contributed by atoms with Gasteiger partial charge in [0.1, 0.15) is 6.10 Å². The first-order valence-corrected chi connectivity index (χ1v) is 6.51. The fourth-order valence-electron chi connectivity index (χ4n) is 2.32. The third kappa shape index (κ3) is 3.69. The Morgan fingerprint density at radius 2 is 2.00 bits per heavy atom. The summed E-state index contributed by atoms with van der Waals surface area (Å²) in [5, 5.41) is 0. The van der Waals surface area contributed by atoms with Crippen LogP contribution in [0.1, 0.15) is 38.2 Å². The zero-order valence-corrected chi connectivity index (χ0v) is 10.7. The van der Waals surface area contributed by atoms with Gasteiger partial charge in [-0.2, -0.15) is 0 Å². The fourth-order valence-corrected chi connectivity index (χ4v) is 2.32. The Bertz CT molecular complexity index is 414. The molecule has 0 spiro atoms. The van der Waals surface area contributed by atoms with Gasteiger partial charge in [-0.25, -0.2) is 0 Å². The highest BCUT2D eigenvalue weighted by atomic mass is 16.5. The van der Waals surface area contributed by atoms with Crippen LogP contribution in [0.15, 0.2) is 35.3 Å². The fraction of sp³-hybridized carbons (Fsp3) is 0.467. The van der Waals surface area contributed by atoms with E-state index in [0.29, 0.717) is 0 Å². The Hall–Kier alpha value is -1.64. The van der Waals surface area contributed by atoms with Gasteiger partial charge in [-0.1, -0.05) is 36.8 Å². The molecule has 2 atom stereocenters. The summed E-state index contributed by atoms with van der Waals surface area (Å²) in [6, 6.07) is 10.1. The quantitative estimate of drug-likeness (QED) is 0.606. The van der Waals surface area contributed by atoms with Gasteiger partial charge in [-0.3, -0.25) is 9.79 Å². The molecule has 0 aliphatic heterocycles. The van der Waals surface area contributed by atoms with E-state index in [4.69, 9.17) is 4.74 Å². The number of hydrogen-bond acceptors (Lipinski definition) is 3. The second kappa shape index (κ2) is 6.34. The van der Waals surface area contributed by atoms with Gasteiger partial charge >= 0.3 is 5.97 Å². The van der Waals surface area contributed by atoms with Crippen LogP contribution < -0.4 is 0 Å². The number of esters is 1. The third-order valence-electron chi connectivity index (χ3n) is 3.20. The lowest BCUT2D eigenvalue weighted by atomic mass is 9.93. The normalized spacial score (nSPS) is 24.1. The average Bonchev–Trinajstić information content (AvgIpc) is 2.38. The molecule has 0 bridgehead atoms. The van der Waals surface area contributed by atoms with E-state index in [1.807, 2.05) is 36.5 Å². The molecular formula is C15H19NO2. The maximum absolute atomic E-state index is 11.1. The first kappa shape index (κ1) is 12.8. The van der Waals surface area contributed by atoms with Crippen LogP contribution in [0.25, 0.3) is 0 Å². The van der Waals surface area contributed by atoms with E-state index in [-0.39, 0.29) is 18.1 Å². The molecule has 1 aromatic carbocycles. The molecule has 0 N–H and O–H groups in total. The number of benzene rings is 1. The minimum Gasteiger partial charge on any atom is -0.460 e. The predicted molar refractivity (Wildman–Crippen MR) is 71.8 cm³/mol. The van der Waals surface area contributed by atoms with Crippen LogP contribution in [0.4, 0.5) is 0 Å². The number of carbonyl (C=O) groups excluding carboxylic acids is 1. The van der Waals surface area contributed by atoms with E-state index < -0.39 is 0 Å². The van der Waals surface area contributed by atoms with E-state index in [1.165, 1.54) is 6.92 Å². The first-order chi connectivity index (χ1) is 8.75. The lowest BCUT2D eigenvalue weighted by molar-refractivity contribution is -0.148. The Balaban J connectivity index is 2.01. The highest BCUT2D eigenvalue weighted by Crippen LogP contribution is 2.24. The Morgan fingerprint density at radius 1 is 1.28 bits per heavy atom. The van der Waals surface area contributed by atoms with Crippen molar-refractivity contribution in [2.75, 3.05) is 0 Å². The number of carbonyl (C=O) groups is 1. The van der Waals surface area contributed by atoms with Gasteiger partial charge in [0, 0.05) is 13.1 Å². The molecule has 1 aromatic rings.